The van der Waals surface area contributed by atoms with Crippen molar-refractivity contribution in [3.63, 3.8) is 0 Å². The van der Waals surface area contributed by atoms with E-state index in [0.29, 0.717) is 32.0 Å². The molecule has 7 nitrogen and oxygen atoms in total. The zero-order valence-electron chi connectivity index (χ0n) is 15.0. The Balaban J connectivity index is 1.28. The molecule has 1 aliphatic rings. The van der Waals surface area contributed by atoms with Crippen molar-refractivity contribution in [3.8, 4) is 0 Å². The van der Waals surface area contributed by atoms with Crippen LogP contribution in [0.3, 0.4) is 0 Å². The number of benzene rings is 1. The number of para-hydroxylation sites is 2. The quantitative estimate of drug-likeness (QED) is 0.573. The highest BCUT2D eigenvalue weighted by atomic mass is 16.2. The van der Waals surface area contributed by atoms with Crippen LogP contribution in [-0.4, -0.2) is 34.5 Å². The van der Waals surface area contributed by atoms with Crippen LogP contribution in [0.15, 0.2) is 24.3 Å². The Morgan fingerprint density at radius 1 is 1.12 bits per heavy atom. The second kappa shape index (κ2) is 9.22. The molecule has 7 heteroatoms. The largest absolute Gasteiger partial charge is 0.349 e. The van der Waals surface area contributed by atoms with Crippen LogP contribution in [0.2, 0.25) is 0 Å². The number of urea groups is 1. The van der Waals surface area contributed by atoms with Gasteiger partial charge >= 0.3 is 6.03 Å². The molecule has 0 radical (unpaired) electrons. The first-order chi connectivity index (χ1) is 12.7. The van der Waals surface area contributed by atoms with Gasteiger partial charge in [-0.25, -0.2) is 9.78 Å². The van der Waals surface area contributed by atoms with E-state index in [4.69, 9.17) is 0 Å². The Labute approximate surface area is 153 Å². The summed E-state index contributed by atoms with van der Waals surface area (Å²) in [6, 6.07) is 7.94. The lowest BCUT2D eigenvalue weighted by Crippen LogP contribution is -2.43. The van der Waals surface area contributed by atoms with Crippen molar-refractivity contribution in [2.75, 3.05) is 6.54 Å². The van der Waals surface area contributed by atoms with E-state index in [9.17, 15) is 9.59 Å². The summed E-state index contributed by atoms with van der Waals surface area (Å²) in [7, 11) is 0. The van der Waals surface area contributed by atoms with Gasteiger partial charge in [-0.15, -0.1) is 0 Å². The SMILES string of the molecule is O=C(CCCNC(=O)NC1CCCCC1)NCc1nc2ccccc2[nH]1. The molecule has 2 aromatic rings. The van der Waals surface area contributed by atoms with Crippen LogP contribution in [0.1, 0.15) is 50.8 Å². The number of aromatic amines is 1. The molecule has 0 saturated heterocycles. The third-order valence-corrected chi connectivity index (χ3v) is 4.70. The minimum absolute atomic E-state index is 0.0417. The first kappa shape index (κ1) is 18.2. The summed E-state index contributed by atoms with van der Waals surface area (Å²) in [6.45, 7) is 0.875. The van der Waals surface area contributed by atoms with Crippen molar-refractivity contribution in [2.24, 2.45) is 0 Å². The first-order valence-corrected chi connectivity index (χ1v) is 9.45. The molecule has 3 rings (SSSR count). The van der Waals surface area contributed by atoms with E-state index < -0.39 is 0 Å². The average Bonchev–Trinajstić information content (AvgIpc) is 3.07. The smallest absolute Gasteiger partial charge is 0.315 e. The minimum atomic E-state index is -0.125. The monoisotopic (exact) mass is 357 g/mol. The third kappa shape index (κ3) is 5.47. The Morgan fingerprint density at radius 2 is 1.92 bits per heavy atom. The number of aromatic nitrogens is 2. The van der Waals surface area contributed by atoms with Crippen LogP contribution in [0, 0.1) is 0 Å². The van der Waals surface area contributed by atoms with Crippen molar-refractivity contribution < 1.29 is 9.59 Å². The summed E-state index contributed by atoms with van der Waals surface area (Å²) in [6.07, 6.45) is 6.78. The van der Waals surface area contributed by atoms with Crippen molar-refractivity contribution in [1.82, 2.24) is 25.9 Å². The zero-order chi connectivity index (χ0) is 18.2. The number of H-pyrrole nitrogens is 1. The van der Waals surface area contributed by atoms with Crippen LogP contribution in [0.4, 0.5) is 4.79 Å². The normalized spacial score (nSPS) is 14.9. The highest BCUT2D eigenvalue weighted by Gasteiger charge is 2.15. The zero-order valence-corrected chi connectivity index (χ0v) is 15.0. The number of nitrogens with zero attached hydrogens (tertiary/aromatic N) is 1. The summed E-state index contributed by atoms with van der Waals surface area (Å²) in [5.74, 6) is 0.699. The molecule has 0 unspecified atom stereocenters. The number of carbonyl (C=O) groups is 2. The number of carbonyl (C=O) groups excluding carboxylic acids is 2. The van der Waals surface area contributed by atoms with Gasteiger partial charge < -0.3 is 20.9 Å². The van der Waals surface area contributed by atoms with Crippen molar-refractivity contribution in [3.05, 3.63) is 30.1 Å². The number of fused-ring (bicyclic) bond motifs is 1. The van der Waals surface area contributed by atoms with Gasteiger partial charge in [0, 0.05) is 19.0 Å². The highest BCUT2D eigenvalue weighted by Crippen LogP contribution is 2.17. The Bertz CT molecular complexity index is 703. The molecule has 0 atom stereocenters. The molecule has 1 aromatic heterocycles. The number of imidazole rings is 1. The maximum atomic E-state index is 11.9. The van der Waals surface area contributed by atoms with Gasteiger partial charge in [0.05, 0.1) is 17.6 Å². The summed E-state index contributed by atoms with van der Waals surface area (Å²) in [5.41, 5.74) is 1.86. The molecule has 3 amide bonds. The molecule has 1 aromatic carbocycles. The molecule has 0 bridgehead atoms. The molecule has 4 N–H and O–H groups in total. The van der Waals surface area contributed by atoms with E-state index in [2.05, 4.69) is 25.9 Å². The molecule has 1 aliphatic carbocycles. The predicted molar refractivity (Wildman–Crippen MR) is 101 cm³/mol. The van der Waals surface area contributed by atoms with Gasteiger partial charge in [0.25, 0.3) is 0 Å². The Kier molecular flexibility index (Phi) is 6.46. The number of hydrogen-bond acceptors (Lipinski definition) is 3. The van der Waals surface area contributed by atoms with Crippen LogP contribution in [0.5, 0.6) is 0 Å². The molecule has 140 valence electrons. The molecule has 1 heterocycles. The van der Waals surface area contributed by atoms with Gasteiger partial charge in [-0.05, 0) is 31.4 Å². The van der Waals surface area contributed by atoms with E-state index in [1.54, 1.807) is 0 Å². The van der Waals surface area contributed by atoms with E-state index in [0.717, 1.165) is 29.7 Å². The van der Waals surface area contributed by atoms with Crippen LogP contribution < -0.4 is 16.0 Å². The molecule has 1 fully saturated rings. The van der Waals surface area contributed by atoms with E-state index in [1.807, 2.05) is 24.3 Å². The number of rotatable bonds is 7. The number of nitrogens with one attached hydrogen (secondary N) is 4. The number of amides is 3. The average molecular weight is 357 g/mol. The standard InChI is InChI=1S/C19H27N5O2/c25-18(21-13-17-23-15-9-4-5-10-16(15)24-17)11-6-12-20-19(26)22-14-7-2-1-3-8-14/h4-5,9-10,14H,1-3,6-8,11-13H2,(H,21,25)(H,23,24)(H2,20,22,26). The Hall–Kier alpha value is -2.57. The van der Waals surface area contributed by atoms with Gasteiger partial charge in [0.15, 0.2) is 0 Å². The summed E-state index contributed by atoms with van der Waals surface area (Å²) in [4.78, 5) is 31.3. The first-order valence-electron chi connectivity index (χ1n) is 9.45. The lowest BCUT2D eigenvalue weighted by molar-refractivity contribution is -0.121. The maximum absolute atomic E-state index is 11.9. The summed E-state index contributed by atoms with van der Waals surface area (Å²) < 4.78 is 0. The lowest BCUT2D eigenvalue weighted by Gasteiger charge is -2.22. The topological polar surface area (TPSA) is 98.9 Å². The molecule has 0 aliphatic heterocycles. The van der Waals surface area contributed by atoms with Gasteiger partial charge in [0.2, 0.25) is 5.91 Å². The second-order valence-corrected chi connectivity index (χ2v) is 6.82. The lowest BCUT2D eigenvalue weighted by atomic mass is 9.96. The molecule has 1 saturated carbocycles. The van der Waals surface area contributed by atoms with Crippen molar-refractivity contribution in [1.29, 1.82) is 0 Å². The molecule has 0 spiro atoms. The van der Waals surface area contributed by atoms with Gasteiger partial charge in [-0.1, -0.05) is 31.4 Å². The highest BCUT2D eigenvalue weighted by molar-refractivity contribution is 5.77. The molecular weight excluding hydrogens is 330 g/mol. The minimum Gasteiger partial charge on any atom is -0.349 e. The van der Waals surface area contributed by atoms with Crippen molar-refractivity contribution >= 4 is 23.0 Å². The van der Waals surface area contributed by atoms with Crippen LogP contribution in [0.25, 0.3) is 11.0 Å². The fraction of sp³-hybridized carbons (Fsp3) is 0.526. The van der Waals surface area contributed by atoms with Crippen LogP contribution >= 0.6 is 0 Å². The van der Waals surface area contributed by atoms with E-state index in [1.165, 1.54) is 19.3 Å². The maximum Gasteiger partial charge on any atom is 0.315 e. The van der Waals surface area contributed by atoms with Gasteiger partial charge in [0.1, 0.15) is 5.82 Å². The van der Waals surface area contributed by atoms with Crippen LogP contribution in [-0.2, 0) is 11.3 Å². The van der Waals surface area contributed by atoms with E-state index in [-0.39, 0.29) is 11.9 Å². The van der Waals surface area contributed by atoms with E-state index >= 15 is 0 Å². The number of hydrogen-bond donors (Lipinski definition) is 4. The Morgan fingerprint density at radius 3 is 2.73 bits per heavy atom. The fourth-order valence-electron chi connectivity index (χ4n) is 3.29. The second-order valence-electron chi connectivity index (χ2n) is 6.82. The van der Waals surface area contributed by atoms with Gasteiger partial charge in [-0.2, -0.15) is 0 Å². The third-order valence-electron chi connectivity index (χ3n) is 4.70. The molecule has 26 heavy (non-hydrogen) atoms. The van der Waals surface area contributed by atoms with Gasteiger partial charge in [-0.3, -0.25) is 4.79 Å². The fourth-order valence-corrected chi connectivity index (χ4v) is 3.29. The van der Waals surface area contributed by atoms with Crippen molar-refractivity contribution in [2.45, 2.75) is 57.5 Å². The predicted octanol–water partition coefficient (Wildman–Crippen LogP) is 2.59. The summed E-state index contributed by atoms with van der Waals surface area (Å²) in [5, 5.41) is 8.68. The molecular formula is C19H27N5O2. The summed E-state index contributed by atoms with van der Waals surface area (Å²) >= 11 is 0.